The molecule has 3 heterocycles. The zero-order valence-corrected chi connectivity index (χ0v) is 21.7. The van der Waals surface area contributed by atoms with Crippen molar-refractivity contribution in [2.24, 2.45) is 0 Å². The number of fused-ring (bicyclic) bond motifs is 1. The normalized spacial score (nSPS) is 14.6. The van der Waals surface area contributed by atoms with E-state index >= 15 is 0 Å². The van der Waals surface area contributed by atoms with E-state index in [2.05, 4.69) is 0 Å². The third-order valence-corrected chi connectivity index (χ3v) is 7.49. The summed E-state index contributed by atoms with van der Waals surface area (Å²) in [5.41, 5.74) is 1.37. The number of carbonyl (C=O) groups is 2. The lowest BCUT2D eigenvalue weighted by Gasteiger charge is -2.37. The maximum absolute atomic E-state index is 13.8. The minimum atomic E-state index is -0.390. The third-order valence-electron chi connectivity index (χ3n) is 6.50. The van der Waals surface area contributed by atoms with Crippen LogP contribution < -0.4 is 9.47 Å². The molecular formula is C29H27FN2O5S. The molecule has 7 nitrogen and oxygen atoms in total. The number of hydrogen-bond acceptors (Lipinski definition) is 6. The predicted octanol–water partition coefficient (Wildman–Crippen LogP) is 5.34. The van der Waals surface area contributed by atoms with E-state index in [1.165, 1.54) is 35.3 Å². The molecule has 0 saturated heterocycles. The number of ether oxygens (including phenoxy) is 2. The number of halogens is 1. The number of carbonyl (C=O) groups excluding carboxylic acids is 2. The topological polar surface area (TPSA) is 72.2 Å². The lowest BCUT2D eigenvalue weighted by molar-refractivity contribution is -0.135. The van der Waals surface area contributed by atoms with E-state index < -0.39 is 5.82 Å². The smallest absolute Gasteiger partial charge is 0.258 e. The molecule has 1 aliphatic rings. The summed E-state index contributed by atoms with van der Waals surface area (Å²) in [6, 6.07) is 18.0. The quantitative estimate of drug-likeness (QED) is 0.290. The van der Waals surface area contributed by atoms with Crippen LogP contribution in [0.4, 0.5) is 4.39 Å². The zero-order chi connectivity index (χ0) is 26.5. The first-order valence-corrected chi connectivity index (χ1v) is 13.1. The predicted molar refractivity (Wildman–Crippen MR) is 141 cm³/mol. The van der Waals surface area contributed by atoms with Gasteiger partial charge in [0.15, 0.2) is 0 Å². The molecule has 0 spiro atoms. The summed E-state index contributed by atoms with van der Waals surface area (Å²) in [5.74, 6) is 0.434. The van der Waals surface area contributed by atoms with Gasteiger partial charge in [-0.15, -0.1) is 11.3 Å². The highest BCUT2D eigenvalue weighted by Crippen LogP contribution is 2.34. The van der Waals surface area contributed by atoms with Gasteiger partial charge in [0.05, 0.1) is 31.5 Å². The molecule has 0 radical (unpaired) electrons. The van der Waals surface area contributed by atoms with Crippen molar-refractivity contribution in [2.45, 2.75) is 19.0 Å². The first-order valence-electron chi connectivity index (χ1n) is 12.2. The number of amides is 2. The van der Waals surface area contributed by atoms with E-state index in [4.69, 9.17) is 13.9 Å². The van der Waals surface area contributed by atoms with Gasteiger partial charge < -0.3 is 23.7 Å². The first kappa shape index (κ1) is 25.5. The van der Waals surface area contributed by atoms with Gasteiger partial charge in [-0.2, -0.15) is 0 Å². The number of hydrogen-bond donors (Lipinski definition) is 0. The maximum atomic E-state index is 13.8. The highest BCUT2D eigenvalue weighted by atomic mass is 32.1. The van der Waals surface area contributed by atoms with Crippen molar-refractivity contribution in [1.29, 1.82) is 0 Å². The van der Waals surface area contributed by atoms with Crippen LogP contribution >= 0.6 is 11.3 Å². The molecule has 2 aromatic carbocycles. The molecule has 1 aliphatic heterocycles. The van der Waals surface area contributed by atoms with Gasteiger partial charge >= 0.3 is 0 Å². The van der Waals surface area contributed by atoms with Gasteiger partial charge in [0.2, 0.25) is 5.91 Å². The van der Waals surface area contributed by atoms with Gasteiger partial charge in [0.25, 0.3) is 5.91 Å². The summed E-state index contributed by atoms with van der Waals surface area (Å²) in [5, 5.41) is 2.00. The summed E-state index contributed by atoms with van der Waals surface area (Å²) in [6.07, 6.45) is 2.25. The summed E-state index contributed by atoms with van der Waals surface area (Å²) in [6.45, 7) is 0.615. The molecule has 2 amide bonds. The molecule has 9 heteroatoms. The van der Waals surface area contributed by atoms with Crippen LogP contribution in [-0.4, -0.2) is 48.4 Å². The molecule has 0 N–H and O–H groups in total. The summed E-state index contributed by atoms with van der Waals surface area (Å²) < 4.78 is 30.5. The fourth-order valence-electron chi connectivity index (χ4n) is 4.64. The van der Waals surface area contributed by atoms with Crippen molar-refractivity contribution in [3.8, 4) is 11.5 Å². The Bertz CT molecular complexity index is 1400. The van der Waals surface area contributed by atoms with Gasteiger partial charge in [0.1, 0.15) is 36.2 Å². The monoisotopic (exact) mass is 534 g/mol. The molecule has 0 bridgehead atoms. The van der Waals surface area contributed by atoms with Crippen molar-refractivity contribution >= 4 is 23.2 Å². The standard InChI is InChI=1S/C29H27FN2O5S/c1-35-26-10-3-2-9-24(26)29(34)31(17-22-8-5-14-36-22)18-28(33)32-13-11-27-23(12-15-38-27)25(32)19-37-21-7-4-6-20(30)16-21/h2-10,12,14-16,25H,11,13,17-19H2,1H3/t25-/m0/s1. The van der Waals surface area contributed by atoms with Crippen molar-refractivity contribution in [3.05, 3.63) is 106 Å². The average Bonchev–Trinajstić information content (AvgIpc) is 3.63. The Morgan fingerprint density at radius 3 is 2.79 bits per heavy atom. The molecule has 2 aromatic heterocycles. The first-order chi connectivity index (χ1) is 18.5. The fraction of sp³-hybridized carbons (Fsp3) is 0.241. The Labute approximate surface area is 224 Å². The Hall–Kier alpha value is -4.11. The van der Waals surface area contributed by atoms with Crippen LogP contribution in [0.25, 0.3) is 0 Å². The number of rotatable bonds is 9. The number of furan rings is 1. The van der Waals surface area contributed by atoms with Gasteiger partial charge in [0, 0.05) is 17.5 Å². The highest BCUT2D eigenvalue weighted by Gasteiger charge is 2.34. The van der Waals surface area contributed by atoms with Gasteiger partial charge in [-0.3, -0.25) is 9.59 Å². The summed E-state index contributed by atoms with van der Waals surface area (Å²) in [7, 11) is 1.50. The van der Waals surface area contributed by atoms with Gasteiger partial charge in [-0.1, -0.05) is 18.2 Å². The number of para-hydroxylation sites is 1. The molecule has 0 saturated carbocycles. The number of thiophene rings is 1. The minimum Gasteiger partial charge on any atom is -0.496 e. The van der Waals surface area contributed by atoms with Crippen LogP contribution in [0.2, 0.25) is 0 Å². The third kappa shape index (κ3) is 5.57. The van der Waals surface area contributed by atoms with E-state index in [9.17, 15) is 14.0 Å². The Morgan fingerprint density at radius 1 is 1.13 bits per heavy atom. The van der Waals surface area contributed by atoms with Crippen LogP contribution in [0.1, 0.15) is 32.6 Å². The van der Waals surface area contributed by atoms with Crippen molar-refractivity contribution < 1.29 is 27.9 Å². The molecule has 1 atom stereocenters. The van der Waals surface area contributed by atoms with Gasteiger partial charge in [-0.05, 0) is 59.8 Å². The molecule has 5 rings (SSSR count). The summed E-state index contributed by atoms with van der Waals surface area (Å²) >= 11 is 1.65. The van der Waals surface area contributed by atoms with E-state index in [1.54, 1.807) is 64.8 Å². The molecule has 0 aliphatic carbocycles. The van der Waals surface area contributed by atoms with Crippen LogP contribution in [0.15, 0.2) is 82.8 Å². The second kappa shape index (κ2) is 11.5. The van der Waals surface area contributed by atoms with E-state index in [0.29, 0.717) is 35.8 Å². The largest absolute Gasteiger partial charge is 0.496 e. The average molecular weight is 535 g/mol. The highest BCUT2D eigenvalue weighted by molar-refractivity contribution is 7.10. The lowest BCUT2D eigenvalue weighted by Crippen LogP contribution is -2.47. The van der Waals surface area contributed by atoms with Crippen LogP contribution in [-0.2, 0) is 17.8 Å². The minimum absolute atomic E-state index is 0.123. The summed E-state index contributed by atoms with van der Waals surface area (Å²) in [4.78, 5) is 31.8. The van der Waals surface area contributed by atoms with Crippen molar-refractivity contribution in [2.75, 3.05) is 26.8 Å². The van der Waals surface area contributed by atoms with Crippen molar-refractivity contribution in [3.63, 3.8) is 0 Å². The molecular weight excluding hydrogens is 507 g/mol. The number of methoxy groups -OCH3 is 1. The Morgan fingerprint density at radius 2 is 2.00 bits per heavy atom. The molecule has 38 heavy (non-hydrogen) atoms. The van der Waals surface area contributed by atoms with E-state index in [1.807, 2.05) is 11.4 Å². The number of nitrogens with zero attached hydrogens (tertiary/aromatic N) is 2. The van der Waals surface area contributed by atoms with Gasteiger partial charge in [-0.25, -0.2) is 4.39 Å². The second-order valence-electron chi connectivity index (χ2n) is 8.86. The lowest BCUT2D eigenvalue weighted by atomic mass is 10.0. The second-order valence-corrected chi connectivity index (χ2v) is 9.86. The Balaban J connectivity index is 1.39. The molecule has 0 unspecified atom stereocenters. The van der Waals surface area contributed by atoms with Crippen molar-refractivity contribution in [1.82, 2.24) is 9.80 Å². The maximum Gasteiger partial charge on any atom is 0.258 e. The molecule has 196 valence electrons. The Kier molecular flexibility index (Phi) is 7.74. The number of benzene rings is 2. The van der Waals surface area contributed by atoms with Crippen LogP contribution in [0.3, 0.4) is 0 Å². The molecule has 4 aromatic rings. The van der Waals surface area contributed by atoms with E-state index in [-0.39, 0.29) is 37.6 Å². The van der Waals surface area contributed by atoms with Crippen LogP contribution in [0.5, 0.6) is 11.5 Å². The SMILES string of the molecule is COc1ccccc1C(=O)N(CC(=O)N1CCc2sccc2[C@@H]1COc1cccc(F)c1)Cc1ccco1. The molecule has 0 fully saturated rings. The van der Waals surface area contributed by atoms with E-state index in [0.717, 1.165) is 5.56 Å². The zero-order valence-electron chi connectivity index (χ0n) is 20.8. The van der Waals surface area contributed by atoms with Crippen LogP contribution in [0, 0.1) is 5.82 Å². The fourth-order valence-corrected chi connectivity index (χ4v) is 5.57.